The van der Waals surface area contributed by atoms with Crippen LogP contribution in [0.15, 0.2) is 24.3 Å². The Morgan fingerprint density at radius 2 is 2.12 bits per heavy atom. The van der Waals surface area contributed by atoms with Gasteiger partial charge in [-0.05, 0) is 32.6 Å². The minimum Gasteiger partial charge on any atom is -0.364 e. The molecule has 1 atom stereocenters. The van der Waals surface area contributed by atoms with Gasteiger partial charge in [0, 0.05) is 31.9 Å². The van der Waals surface area contributed by atoms with Gasteiger partial charge in [-0.3, -0.25) is 0 Å². The van der Waals surface area contributed by atoms with Crippen LogP contribution in [0.5, 0.6) is 0 Å². The Hall–Kier alpha value is -1.06. The van der Waals surface area contributed by atoms with Gasteiger partial charge in [-0.2, -0.15) is 0 Å². The molecule has 1 aromatic carbocycles. The van der Waals surface area contributed by atoms with E-state index >= 15 is 0 Å². The highest BCUT2D eigenvalue weighted by Gasteiger charge is 2.23. The van der Waals surface area contributed by atoms with Crippen LogP contribution < -0.4 is 10.2 Å². The molecule has 1 unspecified atom stereocenters. The van der Waals surface area contributed by atoms with Gasteiger partial charge in [0.1, 0.15) is 0 Å². The van der Waals surface area contributed by atoms with E-state index in [4.69, 9.17) is 0 Å². The smallest absolute Gasteiger partial charge is 0.0541 e. The van der Waals surface area contributed by atoms with Gasteiger partial charge in [-0.15, -0.1) is 0 Å². The summed E-state index contributed by atoms with van der Waals surface area (Å²) in [4.78, 5) is 4.81. The monoisotopic (exact) mass is 233 g/mol. The van der Waals surface area contributed by atoms with Gasteiger partial charge in [0.25, 0.3) is 0 Å². The van der Waals surface area contributed by atoms with Crippen molar-refractivity contribution in [2.75, 3.05) is 45.2 Å². The summed E-state index contributed by atoms with van der Waals surface area (Å²) >= 11 is 0. The number of nitrogens with one attached hydrogen (secondary N) is 1. The van der Waals surface area contributed by atoms with Crippen LogP contribution in [0.3, 0.4) is 0 Å². The van der Waals surface area contributed by atoms with Crippen LogP contribution in [-0.2, 0) is 0 Å². The molecule has 0 aromatic heterocycles. The molecule has 0 aliphatic carbocycles. The van der Waals surface area contributed by atoms with Crippen LogP contribution >= 0.6 is 0 Å². The lowest BCUT2D eigenvalue weighted by Gasteiger charge is -2.40. The lowest BCUT2D eigenvalue weighted by Crippen LogP contribution is -2.55. The lowest BCUT2D eigenvalue weighted by molar-refractivity contribution is 0.336. The van der Waals surface area contributed by atoms with Crippen molar-refractivity contribution in [3.8, 4) is 0 Å². The third-order valence-electron chi connectivity index (χ3n) is 3.35. The molecule has 1 N–H and O–H groups in total. The number of nitrogens with zero attached hydrogens (tertiary/aromatic N) is 2. The summed E-state index contributed by atoms with van der Waals surface area (Å²) in [7, 11) is 4.29. The molecule has 0 amide bonds. The third kappa shape index (κ3) is 2.99. The van der Waals surface area contributed by atoms with Crippen LogP contribution in [0.2, 0.25) is 0 Å². The van der Waals surface area contributed by atoms with E-state index in [1.165, 1.54) is 11.3 Å². The molecule has 1 heterocycles. The van der Waals surface area contributed by atoms with E-state index in [1.807, 2.05) is 0 Å². The standard InChI is InChI=1S/C14H23N3/c1-12-6-4-5-7-14(12)17-9-8-15-10-13(17)11-16(2)3/h4-7,13,15H,8-11H2,1-3H3. The van der Waals surface area contributed by atoms with E-state index < -0.39 is 0 Å². The summed E-state index contributed by atoms with van der Waals surface area (Å²) in [5.74, 6) is 0. The fraction of sp³-hybridized carbons (Fsp3) is 0.571. The Morgan fingerprint density at radius 1 is 1.35 bits per heavy atom. The number of hydrogen-bond acceptors (Lipinski definition) is 3. The maximum atomic E-state index is 3.49. The number of aryl methyl sites for hydroxylation is 1. The zero-order chi connectivity index (χ0) is 12.3. The number of likely N-dealkylation sites (N-methyl/N-ethyl adjacent to an activating group) is 1. The van der Waals surface area contributed by atoms with Crippen molar-refractivity contribution >= 4 is 5.69 Å². The minimum atomic E-state index is 0.569. The molecule has 0 spiro atoms. The van der Waals surface area contributed by atoms with Crippen molar-refractivity contribution in [3.05, 3.63) is 29.8 Å². The molecule has 0 radical (unpaired) electrons. The molecular formula is C14H23N3. The molecule has 3 heteroatoms. The van der Waals surface area contributed by atoms with Crippen molar-refractivity contribution in [3.63, 3.8) is 0 Å². The maximum Gasteiger partial charge on any atom is 0.0541 e. The highest BCUT2D eigenvalue weighted by Crippen LogP contribution is 2.22. The first kappa shape index (κ1) is 12.4. The molecule has 1 saturated heterocycles. The Labute approximate surface area is 104 Å². The number of benzene rings is 1. The predicted octanol–water partition coefficient (Wildman–Crippen LogP) is 1.33. The average molecular weight is 233 g/mol. The fourth-order valence-electron chi connectivity index (χ4n) is 2.55. The molecule has 2 rings (SSSR count). The van der Waals surface area contributed by atoms with Crippen LogP contribution in [0.1, 0.15) is 5.56 Å². The largest absolute Gasteiger partial charge is 0.364 e. The Balaban J connectivity index is 2.19. The quantitative estimate of drug-likeness (QED) is 0.850. The van der Waals surface area contributed by atoms with Crippen molar-refractivity contribution in [1.29, 1.82) is 0 Å². The van der Waals surface area contributed by atoms with Gasteiger partial charge in [0.15, 0.2) is 0 Å². The van der Waals surface area contributed by atoms with Gasteiger partial charge in [0.2, 0.25) is 0 Å². The first-order valence-corrected chi connectivity index (χ1v) is 6.36. The average Bonchev–Trinajstić information content (AvgIpc) is 2.30. The van der Waals surface area contributed by atoms with Gasteiger partial charge in [0.05, 0.1) is 6.04 Å². The van der Waals surface area contributed by atoms with Crippen molar-refractivity contribution in [2.45, 2.75) is 13.0 Å². The van der Waals surface area contributed by atoms with E-state index in [0.717, 1.165) is 26.2 Å². The molecule has 0 saturated carbocycles. The Morgan fingerprint density at radius 3 is 2.82 bits per heavy atom. The summed E-state index contributed by atoms with van der Waals surface area (Å²) < 4.78 is 0. The second-order valence-electron chi connectivity index (χ2n) is 5.10. The molecular weight excluding hydrogens is 210 g/mol. The predicted molar refractivity (Wildman–Crippen MR) is 73.7 cm³/mol. The van der Waals surface area contributed by atoms with Gasteiger partial charge < -0.3 is 15.1 Å². The van der Waals surface area contributed by atoms with Crippen molar-refractivity contribution < 1.29 is 0 Å². The molecule has 17 heavy (non-hydrogen) atoms. The van der Waals surface area contributed by atoms with Gasteiger partial charge in [-0.25, -0.2) is 0 Å². The van der Waals surface area contributed by atoms with E-state index in [2.05, 4.69) is 60.4 Å². The molecule has 0 bridgehead atoms. The number of piperazine rings is 1. The maximum absolute atomic E-state index is 3.49. The van der Waals surface area contributed by atoms with Crippen LogP contribution in [0.25, 0.3) is 0 Å². The normalized spacial score (nSPS) is 20.9. The highest BCUT2D eigenvalue weighted by molar-refractivity contribution is 5.54. The van der Waals surface area contributed by atoms with Gasteiger partial charge in [-0.1, -0.05) is 18.2 Å². The van der Waals surface area contributed by atoms with Crippen LogP contribution in [0.4, 0.5) is 5.69 Å². The van der Waals surface area contributed by atoms with Crippen LogP contribution in [0, 0.1) is 6.92 Å². The number of para-hydroxylation sites is 1. The first-order chi connectivity index (χ1) is 8.18. The summed E-state index contributed by atoms with van der Waals surface area (Å²) in [6.07, 6.45) is 0. The molecule has 1 fully saturated rings. The Bertz CT molecular complexity index is 362. The van der Waals surface area contributed by atoms with E-state index in [0.29, 0.717) is 6.04 Å². The minimum absolute atomic E-state index is 0.569. The Kier molecular flexibility index (Phi) is 4.02. The lowest BCUT2D eigenvalue weighted by atomic mass is 10.1. The molecule has 1 aliphatic heterocycles. The molecule has 3 nitrogen and oxygen atoms in total. The third-order valence-corrected chi connectivity index (χ3v) is 3.35. The summed E-state index contributed by atoms with van der Waals surface area (Å²) in [5, 5.41) is 3.49. The highest BCUT2D eigenvalue weighted by atomic mass is 15.3. The molecule has 94 valence electrons. The SMILES string of the molecule is Cc1ccccc1N1CCNCC1CN(C)C. The van der Waals surface area contributed by atoms with E-state index in [9.17, 15) is 0 Å². The van der Waals surface area contributed by atoms with Crippen molar-refractivity contribution in [2.24, 2.45) is 0 Å². The summed E-state index contributed by atoms with van der Waals surface area (Å²) in [5.41, 5.74) is 2.76. The second kappa shape index (κ2) is 5.52. The van der Waals surface area contributed by atoms with E-state index in [-0.39, 0.29) is 0 Å². The summed E-state index contributed by atoms with van der Waals surface area (Å²) in [6.45, 7) is 6.56. The zero-order valence-corrected chi connectivity index (χ0v) is 11.1. The van der Waals surface area contributed by atoms with Crippen molar-refractivity contribution in [1.82, 2.24) is 10.2 Å². The topological polar surface area (TPSA) is 18.5 Å². The molecule has 1 aromatic rings. The van der Waals surface area contributed by atoms with Crippen LogP contribution in [-0.4, -0.2) is 51.2 Å². The zero-order valence-electron chi connectivity index (χ0n) is 11.1. The number of rotatable bonds is 3. The second-order valence-corrected chi connectivity index (χ2v) is 5.10. The summed E-state index contributed by atoms with van der Waals surface area (Å²) in [6, 6.07) is 9.26. The first-order valence-electron chi connectivity index (χ1n) is 6.36. The number of hydrogen-bond donors (Lipinski definition) is 1. The number of anilines is 1. The van der Waals surface area contributed by atoms with Gasteiger partial charge >= 0.3 is 0 Å². The fourth-order valence-corrected chi connectivity index (χ4v) is 2.55. The van der Waals surface area contributed by atoms with E-state index in [1.54, 1.807) is 0 Å². The molecule has 1 aliphatic rings.